The van der Waals surface area contributed by atoms with Crippen LogP contribution in [0.1, 0.15) is 17.9 Å². The van der Waals surface area contributed by atoms with Gasteiger partial charge in [-0.1, -0.05) is 0 Å². The van der Waals surface area contributed by atoms with Crippen LogP contribution in [0.25, 0.3) is 5.65 Å². The summed E-state index contributed by atoms with van der Waals surface area (Å²) in [6.07, 6.45) is 6.74. The Labute approximate surface area is 75.4 Å². The summed E-state index contributed by atoms with van der Waals surface area (Å²) in [6, 6.07) is 2.21. The Bertz CT molecular complexity index is 448. The van der Waals surface area contributed by atoms with Crippen molar-refractivity contribution in [3.8, 4) is 0 Å². The highest BCUT2D eigenvalue weighted by atomic mass is 15.2. The first-order chi connectivity index (χ1) is 6.34. The van der Waals surface area contributed by atoms with Crippen molar-refractivity contribution in [2.45, 2.75) is 18.4 Å². The summed E-state index contributed by atoms with van der Waals surface area (Å²) >= 11 is 0. The number of fused-ring (bicyclic) bond motifs is 1. The lowest BCUT2D eigenvalue weighted by atomic mass is 10.2. The van der Waals surface area contributed by atoms with Crippen LogP contribution in [0.2, 0.25) is 0 Å². The zero-order valence-electron chi connectivity index (χ0n) is 7.09. The van der Waals surface area contributed by atoms with E-state index in [1.807, 2.05) is 18.5 Å². The Balaban J connectivity index is 2.10. The third-order valence-electron chi connectivity index (χ3n) is 2.53. The van der Waals surface area contributed by atoms with Crippen molar-refractivity contribution in [2.75, 3.05) is 0 Å². The highest BCUT2D eigenvalue weighted by Gasteiger charge is 2.35. The van der Waals surface area contributed by atoms with Gasteiger partial charge in [-0.05, 0) is 12.0 Å². The summed E-state index contributed by atoms with van der Waals surface area (Å²) in [5.41, 5.74) is 7.85. The molecule has 1 saturated carbocycles. The van der Waals surface area contributed by atoms with Gasteiger partial charge in [-0.3, -0.25) is 0 Å². The molecular formula is C9H10N4. The molecule has 66 valence electrons. The SMILES string of the molecule is N[C@@H]1C[C@H]1c1cnc2ccnn2c1. The van der Waals surface area contributed by atoms with Gasteiger partial charge in [-0.25, -0.2) is 9.50 Å². The Kier molecular flexibility index (Phi) is 1.24. The van der Waals surface area contributed by atoms with E-state index in [9.17, 15) is 0 Å². The first-order valence-electron chi connectivity index (χ1n) is 4.39. The maximum absolute atomic E-state index is 5.76. The molecule has 2 heterocycles. The van der Waals surface area contributed by atoms with Gasteiger partial charge >= 0.3 is 0 Å². The molecule has 0 amide bonds. The topological polar surface area (TPSA) is 56.2 Å². The molecule has 2 aromatic heterocycles. The third-order valence-corrected chi connectivity index (χ3v) is 2.53. The molecule has 3 rings (SSSR count). The fourth-order valence-corrected chi connectivity index (χ4v) is 1.61. The normalized spacial score (nSPS) is 26.5. The van der Waals surface area contributed by atoms with Crippen molar-refractivity contribution < 1.29 is 0 Å². The van der Waals surface area contributed by atoms with E-state index in [2.05, 4.69) is 10.1 Å². The average molecular weight is 174 g/mol. The van der Waals surface area contributed by atoms with Gasteiger partial charge < -0.3 is 5.73 Å². The zero-order chi connectivity index (χ0) is 8.84. The standard InChI is InChI=1S/C9H10N4/c10-8-3-7(8)6-4-11-9-1-2-12-13(9)5-6/h1-2,4-5,7-8H,3,10H2/t7-,8+/m0/s1. The Morgan fingerprint density at radius 3 is 3.15 bits per heavy atom. The monoisotopic (exact) mass is 174 g/mol. The van der Waals surface area contributed by atoms with Crippen LogP contribution in [0.5, 0.6) is 0 Å². The van der Waals surface area contributed by atoms with Crippen LogP contribution in [-0.2, 0) is 0 Å². The summed E-state index contributed by atoms with van der Waals surface area (Å²) < 4.78 is 1.79. The molecule has 0 unspecified atom stereocenters. The van der Waals surface area contributed by atoms with E-state index in [4.69, 9.17) is 5.73 Å². The highest BCUT2D eigenvalue weighted by molar-refractivity contribution is 5.37. The maximum Gasteiger partial charge on any atom is 0.154 e. The van der Waals surface area contributed by atoms with Crippen LogP contribution in [-0.4, -0.2) is 20.6 Å². The lowest BCUT2D eigenvalue weighted by molar-refractivity contribution is 0.893. The predicted molar refractivity (Wildman–Crippen MR) is 48.3 cm³/mol. The molecule has 0 aliphatic heterocycles. The largest absolute Gasteiger partial charge is 0.327 e. The lowest BCUT2D eigenvalue weighted by Crippen LogP contribution is -2.02. The van der Waals surface area contributed by atoms with E-state index in [-0.39, 0.29) is 0 Å². The van der Waals surface area contributed by atoms with Crippen molar-refractivity contribution in [3.05, 3.63) is 30.2 Å². The van der Waals surface area contributed by atoms with Crippen LogP contribution in [0.4, 0.5) is 0 Å². The summed E-state index contributed by atoms with van der Waals surface area (Å²) in [5.74, 6) is 0.501. The van der Waals surface area contributed by atoms with E-state index in [0.717, 1.165) is 12.1 Å². The second kappa shape index (κ2) is 2.29. The second-order valence-corrected chi connectivity index (χ2v) is 3.53. The van der Waals surface area contributed by atoms with Crippen LogP contribution in [0.3, 0.4) is 0 Å². The summed E-state index contributed by atoms with van der Waals surface area (Å²) in [5, 5.41) is 4.13. The first kappa shape index (κ1) is 7.03. The number of hydrogen-bond acceptors (Lipinski definition) is 3. The molecular weight excluding hydrogens is 164 g/mol. The highest BCUT2D eigenvalue weighted by Crippen LogP contribution is 2.38. The molecule has 2 aromatic rings. The van der Waals surface area contributed by atoms with E-state index >= 15 is 0 Å². The van der Waals surface area contributed by atoms with Crippen molar-refractivity contribution in [3.63, 3.8) is 0 Å². The summed E-state index contributed by atoms with van der Waals surface area (Å²) in [6.45, 7) is 0. The third kappa shape index (κ3) is 1.02. The van der Waals surface area contributed by atoms with Crippen LogP contribution >= 0.6 is 0 Å². The zero-order valence-corrected chi connectivity index (χ0v) is 7.09. The van der Waals surface area contributed by atoms with Gasteiger partial charge in [0.05, 0.1) is 6.20 Å². The fourth-order valence-electron chi connectivity index (χ4n) is 1.61. The Hall–Kier alpha value is -1.42. The maximum atomic E-state index is 5.76. The molecule has 13 heavy (non-hydrogen) atoms. The molecule has 0 saturated heterocycles. The van der Waals surface area contributed by atoms with Crippen molar-refractivity contribution in [1.82, 2.24) is 14.6 Å². The number of nitrogens with two attached hydrogens (primary N) is 1. The van der Waals surface area contributed by atoms with E-state index in [0.29, 0.717) is 12.0 Å². The molecule has 2 atom stereocenters. The van der Waals surface area contributed by atoms with E-state index in [1.165, 1.54) is 5.56 Å². The van der Waals surface area contributed by atoms with Gasteiger partial charge in [0.25, 0.3) is 0 Å². The van der Waals surface area contributed by atoms with Crippen LogP contribution in [0.15, 0.2) is 24.7 Å². The van der Waals surface area contributed by atoms with Crippen molar-refractivity contribution >= 4 is 5.65 Å². The molecule has 1 aliphatic carbocycles. The van der Waals surface area contributed by atoms with E-state index < -0.39 is 0 Å². The number of aromatic nitrogens is 3. The molecule has 0 spiro atoms. The fraction of sp³-hybridized carbons (Fsp3) is 0.333. The molecule has 2 N–H and O–H groups in total. The number of nitrogens with zero attached hydrogens (tertiary/aromatic N) is 3. The molecule has 4 nitrogen and oxygen atoms in total. The van der Waals surface area contributed by atoms with Crippen molar-refractivity contribution in [2.24, 2.45) is 5.73 Å². The summed E-state index contributed by atoms with van der Waals surface area (Å²) in [7, 11) is 0. The molecule has 1 fully saturated rings. The van der Waals surface area contributed by atoms with Crippen LogP contribution < -0.4 is 5.73 Å². The summed E-state index contributed by atoms with van der Waals surface area (Å²) in [4.78, 5) is 4.28. The predicted octanol–water partition coefficient (Wildman–Crippen LogP) is 0.544. The van der Waals surface area contributed by atoms with Gasteiger partial charge in [0.1, 0.15) is 0 Å². The number of rotatable bonds is 1. The lowest BCUT2D eigenvalue weighted by Gasteiger charge is -1.98. The van der Waals surface area contributed by atoms with Gasteiger partial charge in [-0.15, -0.1) is 0 Å². The molecule has 0 radical (unpaired) electrons. The average Bonchev–Trinajstić information content (AvgIpc) is 2.70. The molecule has 0 aromatic carbocycles. The van der Waals surface area contributed by atoms with Crippen molar-refractivity contribution in [1.29, 1.82) is 0 Å². The minimum atomic E-state index is 0.329. The molecule has 4 heteroatoms. The Morgan fingerprint density at radius 2 is 2.38 bits per heavy atom. The quantitative estimate of drug-likeness (QED) is 0.686. The van der Waals surface area contributed by atoms with Gasteiger partial charge in [0, 0.05) is 30.4 Å². The Morgan fingerprint density at radius 1 is 1.54 bits per heavy atom. The van der Waals surface area contributed by atoms with Gasteiger partial charge in [0.15, 0.2) is 5.65 Å². The minimum absolute atomic E-state index is 0.329. The number of hydrogen-bond donors (Lipinski definition) is 1. The van der Waals surface area contributed by atoms with Gasteiger partial charge in [0.2, 0.25) is 0 Å². The first-order valence-corrected chi connectivity index (χ1v) is 4.39. The van der Waals surface area contributed by atoms with E-state index in [1.54, 1.807) is 10.7 Å². The second-order valence-electron chi connectivity index (χ2n) is 3.53. The smallest absolute Gasteiger partial charge is 0.154 e. The van der Waals surface area contributed by atoms with Gasteiger partial charge in [-0.2, -0.15) is 5.10 Å². The molecule has 1 aliphatic rings. The van der Waals surface area contributed by atoms with Crippen LogP contribution in [0, 0.1) is 0 Å². The molecule has 0 bridgehead atoms. The minimum Gasteiger partial charge on any atom is -0.327 e.